The number of furan rings is 1. The lowest BCUT2D eigenvalue weighted by Crippen LogP contribution is -2.48. The fourth-order valence-electron chi connectivity index (χ4n) is 4.19. The first-order valence-corrected chi connectivity index (χ1v) is 11.0. The molecule has 1 aliphatic heterocycles. The van der Waals surface area contributed by atoms with Crippen LogP contribution in [0.3, 0.4) is 0 Å². The van der Waals surface area contributed by atoms with Gasteiger partial charge >= 0.3 is 5.97 Å². The number of fused-ring (bicyclic) bond motifs is 1. The van der Waals surface area contributed by atoms with Gasteiger partial charge in [-0.05, 0) is 38.1 Å². The van der Waals surface area contributed by atoms with Crippen molar-refractivity contribution < 1.29 is 14.3 Å². The van der Waals surface area contributed by atoms with E-state index in [0.29, 0.717) is 28.8 Å². The Morgan fingerprint density at radius 2 is 1.88 bits per heavy atom. The average Bonchev–Trinajstić information content (AvgIpc) is 3.51. The Morgan fingerprint density at radius 1 is 1.12 bits per heavy atom. The normalized spacial score (nSPS) is 14.8. The molecular formula is C24H26N6O3. The van der Waals surface area contributed by atoms with Crippen molar-refractivity contribution in [1.82, 2.24) is 19.3 Å². The number of carbonyl (C=O) groups is 1. The molecule has 1 saturated heterocycles. The zero-order valence-electron chi connectivity index (χ0n) is 18.6. The maximum atomic E-state index is 11.1. The summed E-state index contributed by atoms with van der Waals surface area (Å²) in [6.45, 7) is 8.71. The van der Waals surface area contributed by atoms with Gasteiger partial charge in [-0.25, -0.2) is 14.8 Å². The molecule has 1 aliphatic rings. The van der Waals surface area contributed by atoms with Crippen molar-refractivity contribution in [2.24, 2.45) is 0 Å². The van der Waals surface area contributed by atoms with Crippen molar-refractivity contribution in [3.05, 3.63) is 60.9 Å². The topological polar surface area (TPSA) is 99.1 Å². The lowest BCUT2D eigenvalue weighted by atomic mass is 10.2. The van der Waals surface area contributed by atoms with Gasteiger partial charge in [-0.2, -0.15) is 0 Å². The standard InChI is InChI=1S/C24H26N6O3/c1-16(2)28-9-11-29(12-10-28)19-5-3-18(4-6-19)27-22-23-25-7-8-30(23)20(14-26-22)17-13-21(24(31)32)33-15-17/h3-8,13-16H,9-12H2,1-2H3,(H,26,27)(H,31,32). The summed E-state index contributed by atoms with van der Waals surface area (Å²) in [5.74, 6) is -0.616. The number of rotatable bonds is 6. The lowest BCUT2D eigenvalue weighted by molar-refractivity contribution is 0.0662. The summed E-state index contributed by atoms with van der Waals surface area (Å²) in [6.07, 6.45) is 6.58. The quantitative estimate of drug-likeness (QED) is 0.459. The molecule has 0 saturated carbocycles. The molecule has 0 atom stereocenters. The highest BCUT2D eigenvalue weighted by Gasteiger charge is 2.19. The number of benzene rings is 1. The Labute approximate surface area is 191 Å². The van der Waals surface area contributed by atoms with Crippen LogP contribution in [-0.2, 0) is 0 Å². The molecule has 33 heavy (non-hydrogen) atoms. The van der Waals surface area contributed by atoms with Crippen molar-refractivity contribution in [1.29, 1.82) is 0 Å². The molecule has 0 radical (unpaired) electrons. The minimum Gasteiger partial charge on any atom is -0.475 e. The molecule has 9 nitrogen and oxygen atoms in total. The van der Waals surface area contributed by atoms with Crippen molar-refractivity contribution in [2.45, 2.75) is 19.9 Å². The first-order chi connectivity index (χ1) is 16.0. The first-order valence-electron chi connectivity index (χ1n) is 11.0. The summed E-state index contributed by atoms with van der Waals surface area (Å²) in [7, 11) is 0. The van der Waals surface area contributed by atoms with E-state index in [0.717, 1.165) is 31.9 Å². The Hall–Kier alpha value is -3.85. The summed E-state index contributed by atoms with van der Waals surface area (Å²) >= 11 is 0. The summed E-state index contributed by atoms with van der Waals surface area (Å²) in [4.78, 5) is 25.0. The molecule has 2 N–H and O–H groups in total. The molecule has 9 heteroatoms. The highest BCUT2D eigenvalue weighted by Crippen LogP contribution is 2.28. The SMILES string of the molecule is CC(C)N1CCN(c2ccc(Nc3ncc(-c4coc(C(=O)O)c4)n4ccnc34)cc2)CC1. The molecular weight excluding hydrogens is 420 g/mol. The predicted octanol–water partition coefficient (Wildman–Crippen LogP) is 3.96. The van der Waals surface area contributed by atoms with Crippen LogP contribution in [0.15, 0.2) is 59.6 Å². The molecule has 1 fully saturated rings. The molecule has 1 aromatic carbocycles. The van der Waals surface area contributed by atoms with Crippen LogP contribution in [0.25, 0.3) is 16.9 Å². The van der Waals surface area contributed by atoms with E-state index < -0.39 is 5.97 Å². The molecule has 5 rings (SSSR count). The number of hydrogen-bond donors (Lipinski definition) is 2. The third-order valence-corrected chi connectivity index (χ3v) is 6.07. The highest BCUT2D eigenvalue weighted by atomic mass is 16.4. The third-order valence-electron chi connectivity index (χ3n) is 6.07. The predicted molar refractivity (Wildman–Crippen MR) is 126 cm³/mol. The summed E-state index contributed by atoms with van der Waals surface area (Å²) in [5.41, 5.74) is 4.09. The van der Waals surface area contributed by atoms with Crippen molar-refractivity contribution in [3.63, 3.8) is 0 Å². The average molecular weight is 447 g/mol. The van der Waals surface area contributed by atoms with Crippen LogP contribution >= 0.6 is 0 Å². The number of nitrogens with zero attached hydrogens (tertiary/aromatic N) is 5. The van der Waals surface area contributed by atoms with E-state index in [1.807, 2.05) is 22.7 Å². The van der Waals surface area contributed by atoms with Gasteiger partial charge in [-0.15, -0.1) is 0 Å². The molecule has 0 aliphatic carbocycles. The van der Waals surface area contributed by atoms with E-state index in [1.165, 1.54) is 18.0 Å². The van der Waals surface area contributed by atoms with E-state index in [9.17, 15) is 4.79 Å². The van der Waals surface area contributed by atoms with Crippen LogP contribution in [0.5, 0.6) is 0 Å². The molecule has 4 aromatic rings. The van der Waals surface area contributed by atoms with Crippen LogP contribution in [0.1, 0.15) is 24.4 Å². The molecule has 0 spiro atoms. The summed E-state index contributed by atoms with van der Waals surface area (Å²) in [6, 6.07) is 10.4. The molecule has 0 unspecified atom stereocenters. The van der Waals surface area contributed by atoms with Crippen molar-refractivity contribution >= 4 is 28.8 Å². The number of imidazole rings is 1. The van der Waals surface area contributed by atoms with Gasteiger partial charge in [0.05, 0.1) is 11.9 Å². The largest absolute Gasteiger partial charge is 0.475 e. The van der Waals surface area contributed by atoms with E-state index in [4.69, 9.17) is 9.52 Å². The number of aromatic nitrogens is 3. The fourth-order valence-corrected chi connectivity index (χ4v) is 4.19. The second-order valence-electron chi connectivity index (χ2n) is 8.41. The van der Waals surface area contributed by atoms with E-state index >= 15 is 0 Å². The van der Waals surface area contributed by atoms with Gasteiger partial charge in [-0.3, -0.25) is 9.30 Å². The highest BCUT2D eigenvalue weighted by molar-refractivity contribution is 5.86. The van der Waals surface area contributed by atoms with Gasteiger partial charge < -0.3 is 19.7 Å². The van der Waals surface area contributed by atoms with Gasteiger partial charge in [0, 0.05) is 67.6 Å². The zero-order chi connectivity index (χ0) is 22.9. The Bertz CT molecular complexity index is 1270. The summed E-state index contributed by atoms with van der Waals surface area (Å²) in [5, 5.41) is 12.5. The number of nitrogens with one attached hydrogen (secondary N) is 1. The number of hydrogen-bond acceptors (Lipinski definition) is 7. The smallest absolute Gasteiger partial charge is 0.371 e. The van der Waals surface area contributed by atoms with Gasteiger partial charge in [0.15, 0.2) is 11.5 Å². The van der Waals surface area contributed by atoms with Crippen LogP contribution in [-0.4, -0.2) is 62.6 Å². The minimum absolute atomic E-state index is 0.119. The number of anilines is 3. The van der Waals surface area contributed by atoms with Crippen molar-refractivity contribution in [2.75, 3.05) is 36.4 Å². The fraction of sp³-hybridized carbons (Fsp3) is 0.292. The number of carboxylic acids is 1. The van der Waals surface area contributed by atoms with Crippen LogP contribution in [0, 0.1) is 0 Å². The minimum atomic E-state index is -1.11. The Kier molecular flexibility index (Phi) is 5.47. The number of aromatic carboxylic acids is 1. The first kappa shape index (κ1) is 21.0. The summed E-state index contributed by atoms with van der Waals surface area (Å²) < 4.78 is 6.98. The lowest BCUT2D eigenvalue weighted by Gasteiger charge is -2.38. The van der Waals surface area contributed by atoms with Crippen LogP contribution in [0.4, 0.5) is 17.2 Å². The maximum Gasteiger partial charge on any atom is 0.371 e. The Morgan fingerprint density at radius 3 is 2.55 bits per heavy atom. The zero-order valence-corrected chi connectivity index (χ0v) is 18.6. The Balaban J connectivity index is 1.33. The molecule has 0 bridgehead atoms. The van der Waals surface area contributed by atoms with E-state index in [2.05, 4.69) is 51.1 Å². The maximum absolute atomic E-state index is 11.1. The van der Waals surface area contributed by atoms with E-state index in [1.54, 1.807) is 12.4 Å². The van der Waals surface area contributed by atoms with Crippen LogP contribution < -0.4 is 10.2 Å². The molecule has 170 valence electrons. The molecule has 4 heterocycles. The van der Waals surface area contributed by atoms with Crippen LogP contribution in [0.2, 0.25) is 0 Å². The van der Waals surface area contributed by atoms with Crippen molar-refractivity contribution in [3.8, 4) is 11.3 Å². The van der Waals surface area contributed by atoms with Gasteiger partial charge in [-0.1, -0.05) is 0 Å². The van der Waals surface area contributed by atoms with E-state index in [-0.39, 0.29) is 5.76 Å². The third kappa shape index (κ3) is 4.14. The number of carboxylic acid groups (broad SMARTS) is 1. The molecule has 3 aromatic heterocycles. The van der Waals surface area contributed by atoms with Gasteiger partial charge in [0.1, 0.15) is 6.26 Å². The second kappa shape index (κ2) is 8.59. The number of piperazine rings is 1. The molecule has 0 amide bonds. The monoisotopic (exact) mass is 446 g/mol. The van der Waals surface area contributed by atoms with Gasteiger partial charge in [0.25, 0.3) is 0 Å². The second-order valence-corrected chi connectivity index (χ2v) is 8.41. The van der Waals surface area contributed by atoms with Gasteiger partial charge in [0.2, 0.25) is 5.76 Å².